The maximum Gasteiger partial charge on any atom is 0.354 e. The van der Waals surface area contributed by atoms with Gasteiger partial charge >= 0.3 is 29.8 Å². The Morgan fingerprint density at radius 1 is 0.625 bits per heavy atom. The van der Waals surface area contributed by atoms with Crippen molar-refractivity contribution in [3.05, 3.63) is 143 Å². The van der Waals surface area contributed by atoms with Crippen LogP contribution >= 0.6 is 0 Å². The van der Waals surface area contributed by atoms with Crippen molar-refractivity contribution in [1.82, 2.24) is 0 Å². The van der Waals surface area contributed by atoms with Crippen LogP contribution in [0.3, 0.4) is 0 Å². The van der Waals surface area contributed by atoms with Crippen LogP contribution < -0.4 is 18.9 Å². The van der Waals surface area contributed by atoms with Gasteiger partial charge in [0, 0.05) is 6.08 Å². The molecule has 0 aromatic heterocycles. The van der Waals surface area contributed by atoms with E-state index in [1.165, 1.54) is 67.8 Å². The lowest BCUT2D eigenvalue weighted by atomic mass is 10.1. The largest absolute Gasteiger partial charge is 0.497 e. The number of esters is 5. The predicted octanol–water partition coefficient (Wildman–Crippen LogP) is 6.16. The van der Waals surface area contributed by atoms with Crippen LogP contribution in [-0.4, -0.2) is 87.8 Å². The van der Waals surface area contributed by atoms with Gasteiger partial charge in [0.25, 0.3) is 0 Å². The maximum absolute atomic E-state index is 13.1. The van der Waals surface area contributed by atoms with Crippen molar-refractivity contribution < 1.29 is 66.6 Å². The molecule has 2 heterocycles. The first-order valence-corrected chi connectivity index (χ1v) is 19.8. The van der Waals surface area contributed by atoms with E-state index in [1.54, 1.807) is 48.5 Å². The fourth-order valence-corrected chi connectivity index (χ4v) is 6.28. The number of nitrogens with zero attached hydrogens (tertiary/aromatic N) is 2. The molecule has 64 heavy (non-hydrogen) atoms. The first kappa shape index (κ1) is 45.5. The number of methoxy groups -OCH3 is 1. The number of unbranched alkanes of at least 4 members (excludes halogenated alkanes) is 1. The highest BCUT2D eigenvalue weighted by Gasteiger charge is 2.51. The molecule has 2 aliphatic rings. The van der Waals surface area contributed by atoms with Gasteiger partial charge in [-0.15, -0.1) is 0 Å². The smallest absolute Gasteiger partial charge is 0.354 e. The van der Waals surface area contributed by atoms with Crippen molar-refractivity contribution in [2.75, 3.05) is 33.5 Å². The minimum absolute atomic E-state index is 0.0135. The van der Waals surface area contributed by atoms with Gasteiger partial charge in [0.05, 0.1) is 44.7 Å². The molecule has 0 spiro atoms. The summed E-state index contributed by atoms with van der Waals surface area (Å²) in [5.74, 6) is -2.26. The first-order chi connectivity index (χ1) is 31.1. The van der Waals surface area contributed by atoms with Crippen LogP contribution in [0, 0.1) is 22.7 Å². The Balaban J connectivity index is 0.937. The number of nitriles is 2. The van der Waals surface area contributed by atoms with Crippen LogP contribution in [0.15, 0.2) is 121 Å². The average molecular weight is 869 g/mol. The average Bonchev–Trinajstić information content (AvgIpc) is 3.91. The summed E-state index contributed by atoms with van der Waals surface area (Å²) in [5, 5.41) is 19.2. The summed E-state index contributed by atoms with van der Waals surface area (Å²) >= 11 is 0. The lowest BCUT2D eigenvalue weighted by Gasteiger charge is -2.17. The molecule has 4 aromatic carbocycles. The van der Waals surface area contributed by atoms with Crippen LogP contribution in [-0.2, 0) is 38.1 Å². The zero-order chi connectivity index (χ0) is 45.4. The Morgan fingerprint density at radius 3 is 1.47 bits per heavy atom. The maximum atomic E-state index is 13.1. The first-order valence-electron chi connectivity index (χ1n) is 19.8. The molecule has 0 amide bonds. The molecule has 0 saturated carbocycles. The van der Waals surface area contributed by atoms with E-state index in [2.05, 4.69) is 6.58 Å². The molecule has 4 atom stereocenters. The van der Waals surface area contributed by atoms with E-state index in [0.717, 1.165) is 6.08 Å². The van der Waals surface area contributed by atoms with Crippen LogP contribution in [0.1, 0.15) is 44.7 Å². The van der Waals surface area contributed by atoms with E-state index in [-0.39, 0.29) is 53.6 Å². The van der Waals surface area contributed by atoms with Crippen LogP contribution in [0.4, 0.5) is 0 Å². The summed E-state index contributed by atoms with van der Waals surface area (Å²) in [4.78, 5) is 62.7. The Hall–Kier alpha value is -8.05. The third-order valence-electron chi connectivity index (χ3n) is 9.60. The lowest BCUT2D eigenvalue weighted by molar-refractivity contribution is -0.138. The number of hydrogen-bond donors (Lipinski definition) is 0. The van der Waals surface area contributed by atoms with E-state index in [4.69, 9.17) is 42.6 Å². The van der Waals surface area contributed by atoms with Crippen molar-refractivity contribution in [3.63, 3.8) is 0 Å². The van der Waals surface area contributed by atoms with E-state index in [1.807, 2.05) is 12.1 Å². The van der Waals surface area contributed by atoms with Crippen LogP contribution in [0.5, 0.6) is 23.0 Å². The second-order valence-corrected chi connectivity index (χ2v) is 13.9. The fraction of sp³-hybridized carbons (Fsp3) is 0.229. The molecular formula is C48H40N2O14. The molecule has 326 valence electrons. The third kappa shape index (κ3) is 12.3. The molecule has 2 fully saturated rings. The van der Waals surface area contributed by atoms with Gasteiger partial charge in [-0.3, -0.25) is 0 Å². The van der Waals surface area contributed by atoms with Gasteiger partial charge in [0.2, 0.25) is 0 Å². The Labute approximate surface area is 367 Å². The minimum Gasteiger partial charge on any atom is -0.497 e. The second-order valence-electron chi connectivity index (χ2n) is 13.9. The van der Waals surface area contributed by atoms with E-state index >= 15 is 0 Å². The molecule has 2 unspecified atom stereocenters. The molecule has 2 aliphatic heterocycles. The zero-order valence-corrected chi connectivity index (χ0v) is 34.3. The molecule has 0 bridgehead atoms. The summed E-state index contributed by atoms with van der Waals surface area (Å²) in [6.45, 7) is 3.98. The zero-order valence-electron chi connectivity index (χ0n) is 34.3. The molecule has 0 N–H and O–H groups in total. The summed E-state index contributed by atoms with van der Waals surface area (Å²) in [6.07, 6.45) is 2.11. The van der Waals surface area contributed by atoms with Gasteiger partial charge < -0.3 is 42.6 Å². The van der Waals surface area contributed by atoms with Crippen molar-refractivity contribution in [3.8, 4) is 35.1 Å². The van der Waals surface area contributed by atoms with Gasteiger partial charge in [-0.1, -0.05) is 30.8 Å². The van der Waals surface area contributed by atoms with Gasteiger partial charge in [0.1, 0.15) is 58.5 Å². The minimum atomic E-state index is -0.902. The predicted molar refractivity (Wildman–Crippen MR) is 225 cm³/mol. The number of hydrogen-bond acceptors (Lipinski definition) is 16. The summed E-state index contributed by atoms with van der Waals surface area (Å²) in [6, 6.07) is 28.3. The van der Waals surface area contributed by atoms with Crippen LogP contribution in [0.2, 0.25) is 0 Å². The van der Waals surface area contributed by atoms with Gasteiger partial charge in [0.15, 0.2) is 12.2 Å². The van der Waals surface area contributed by atoms with E-state index < -0.39 is 54.3 Å². The lowest BCUT2D eigenvalue weighted by Crippen LogP contribution is -2.36. The number of carbonyl (C=O) groups excluding carboxylic acids is 5. The highest BCUT2D eigenvalue weighted by Crippen LogP contribution is 2.32. The third-order valence-corrected chi connectivity index (χ3v) is 9.60. The monoisotopic (exact) mass is 868 g/mol. The molecule has 0 aliphatic carbocycles. The van der Waals surface area contributed by atoms with Gasteiger partial charge in [-0.05, 0) is 109 Å². The van der Waals surface area contributed by atoms with Crippen molar-refractivity contribution in [1.29, 1.82) is 10.5 Å². The van der Waals surface area contributed by atoms with E-state index in [0.29, 0.717) is 42.1 Å². The molecule has 16 heteroatoms. The summed E-state index contributed by atoms with van der Waals surface area (Å²) in [7, 11) is 1.53. The highest BCUT2D eigenvalue weighted by atomic mass is 16.7. The number of ether oxygens (including phenoxy) is 9. The number of rotatable bonds is 18. The molecule has 2 saturated heterocycles. The summed E-state index contributed by atoms with van der Waals surface area (Å²) in [5.41, 5.74) is 0.962. The Kier molecular flexibility index (Phi) is 15.7. The van der Waals surface area contributed by atoms with Crippen LogP contribution in [0.25, 0.3) is 12.2 Å². The van der Waals surface area contributed by atoms with Crippen molar-refractivity contribution >= 4 is 42.0 Å². The highest BCUT2D eigenvalue weighted by molar-refractivity contribution is 6.00. The summed E-state index contributed by atoms with van der Waals surface area (Å²) < 4.78 is 49.4. The number of benzene rings is 4. The molecule has 0 radical (unpaired) electrons. The number of fused-ring (bicyclic) bond motifs is 1. The van der Waals surface area contributed by atoms with Gasteiger partial charge in [-0.25, -0.2) is 24.0 Å². The van der Waals surface area contributed by atoms with Gasteiger partial charge in [-0.2, -0.15) is 10.5 Å². The molecular weight excluding hydrogens is 829 g/mol. The Morgan fingerprint density at radius 2 is 1.05 bits per heavy atom. The SMILES string of the molecule is C=CC(=O)OCCCCOc1ccc(/C=C(\C#N)C(=O)Oc2ccc(C(=O)O[C@H]3COC4C3OC[C@H]4OC(=O)c3ccc(OC(=O)/C(C#N)=C/c4ccc(OC)cc4)cc3)cc2)cc1. The normalized spacial score (nSPS) is 17.7. The van der Waals surface area contributed by atoms with Crippen molar-refractivity contribution in [2.45, 2.75) is 37.3 Å². The quantitative estimate of drug-likeness (QED) is 0.0273. The molecule has 16 nitrogen and oxygen atoms in total. The van der Waals surface area contributed by atoms with Crippen molar-refractivity contribution in [2.24, 2.45) is 0 Å². The molecule has 4 aromatic rings. The second kappa shape index (κ2) is 22.2. The fourth-order valence-electron chi connectivity index (χ4n) is 6.28. The standard InChI is InChI=1S/C48H40N2O14/c1-3-42(51)58-23-5-4-22-57-37-16-8-31(9-17-37)25-35(27-50)48(55)62-39-20-12-33(13-21-39)46(53)64-41-29-60-43-40(28-59-44(41)43)63-45(52)32-10-18-38(19-11-32)61-47(54)34(26-49)24-30-6-14-36(56-2)15-7-30/h3,6-21,24-25,40-41,43-44H,1,4-5,22-23,28-29H2,2H3/b34-24+,35-25+/t40-,41+,43?,44?/m1/s1. The molecule has 6 rings (SSSR count). The number of carbonyl (C=O) groups is 5. The van der Waals surface area contributed by atoms with E-state index in [9.17, 15) is 34.5 Å². The topological polar surface area (TPSA) is 216 Å². The Bertz CT molecular complexity index is 2480.